The van der Waals surface area contributed by atoms with Crippen molar-refractivity contribution in [1.29, 1.82) is 0 Å². The van der Waals surface area contributed by atoms with E-state index in [0.717, 1.165) is 55.1 Å². The lowest BCUT2D eigenvalue weighted by Crippen LogP contribution is -2.23. The van der Waals surface area contributed by atoms with Crippen LogP contribution in [0.2, 0.25) is 0 Å². The second kappa shape index (κ2) is 6.63. The minimum absolute atomic E-state index is 0.904. The molecular weight excluding hydrogens is 260 g/mol. The molecule has 0 aromatic carbocycles. The molecule has 2 heterocycles. The summed E-state index contributed by atoms with van der Waals surface area (Å²) >= 11 is 0. The van der Waals surface area contributed by atoms with Crippen molar-refractivity contribution < 1.29 is 0 Å². The zero-order valence-corrected chi connectivity index (χ0v) is 13.4. The van der Waals surface area contributed by atoms with Gasteiger partial charge in [0.1, 0.15) is 17.5 Å². The van der Waals surface area contributed by atoms with E-state index in [1.165, 1.54) is 32.4 Å². The number of aromatic nitrogens is 2. The molecule has 21 heavy (non-hydrogen) atoms. The summed E-state index contributed by atoms with van der Waals surface area (Å²) in [7, 11) is 0. The van der Waals surface area contributed by atoms with Gasteiger partial charge in [-0.05, 0) is 37.5 Å². The third-order valence-electron chi connectivity index (χ3n) is 4.84. The summed E-state index contributed by atoms with van der Waals surface area (Å²) in [6, 6.07) is 2.15. The van der Waals surface area contributed by atoms with Gasteiger partial charge in [-0.25, -0.2) is 9.97 Å². The van der Waals surface area contributed by atoms with Gasteiger partial charge in [-0.15, -0.1) is 0 Å². The summed E-state index contributed by atoms with van der Waals surface area (Å²) in [6.07, 6.45) is 7.44. The standard InChI is InChI=1S/C17H28N4/c1-3-6-15-19-16(18-9-4-2)10-17(20-15)21-11-13-7-5-8-14(13)12-21/h10,13-14H,3-9,11-12H2,1-2H3,(H,18,19,20). The Hall–Kier alpha value is -1.32. The number of anilines is 2. The number of fused-ring (bicyclic) bond motifs is 1. The fraction of sp³-hybridized carbons (Fsp3) is 0.765. The Labute approximate surface area is 128 Å². The number of nitrogens with zero attached hydrogens (tertiary/aromatic N) is 3. The highest BCUT2D eigenvalue weighted by molar-refractivity contribution is 5.50. The molecule has 4 heteroatoms. The molecule has 116 valence electrons. The highest BCUT2D eigenvalue weighted by atomic mass is 15.2. The fourth-order valence-electron chi connectivity index (χ4n) is 3.75. The van der Waals surface area contributed by atoms with Crippen molar-refractivity contribution in [2.45, 2.75) is 52.4 Å². The van der Waals surface area contributed by atoms with Crippen molar-refractivity contribution in [3.8, 4) is 0 Å². The molecule has 1 N–H and O–H groups in total. The first-order valence-corrected chi connectivity index (χ1v) is 8.67. The molecule has 1 aliphatic carbocycles. The van der Waals surface area contributed by atoms with Crippen LogP contribution in [-0.4, -0.2) is 29.6 Å². The van der Waals surface area contributed by atoms with Crippen LogP contribution < -0.4 is 10.2 Å². The molecule has 2 atom stereocenters. The lowest BCUT2D eigenvalue weighted by atomic mass is 10.0. The Kier molecular flexibility index (Phi) is 4.61. The van der Waals surface area contributed by atoms with Gasteiger partial charge in [-0.3, -0.25) is 0 Å². The molecule has 2 aliphatic rings. The molecule has 1 saturated heterocycles. The maximum absolute atomic E-state index is 4.82. The summed E-state index contributed by atoms with van der Waals surface area (Å²) in [5.74, 6) is 4.94. The van der Waals surface area contributed by atoms with Crippen molar-refractivity contribution in [1.82, 2.24) is 9.97 Å². The molecule has 2 fully saturated rings. The molecule has 1 aliphatic heterocycles. The first-order chi connectivity index (χ1) is 10.3. The van der Waals surface area contributed by atoms with Gasteiger partial charge < -0.3 is 10.2 Å². The van der Waals surface area contributed by atoms with E-state index in [1.807, 2.05) is 0 Å². The molecule has 4 nitrogen and oxygen atoms in total. The van der Waals surface area contributed by atoms with Crippen LogP contribution in [-0.2, 0) is 6.42 Å². The van der Waals surface area contributed by atoms with Crippen LogP contribution in [0.4, 0.5) is 11.6 Å². The van der Waals surface area contributed by atoms with E-state index in [0.29, 0.717) is 0 Å². The molecule has 0 radical (unpaired) electrons. The minimum Gasteiger partial charge on any atom is -0.370 e. The van der Waals surface area contributed by atoms with Crippen molar-refractivity contribution in [3.05, 3.63) is 11.9 Å². The molecule has 1 aromatic heterocycles. The van der Waals surface area contributed by atoms with E-state index >= 15 is 0 Å². The highest BCUT2D eigenvalue weighted by Crippen LogP contribution is 2.39. The van der Waals surface area contributed by atoms with Gasteiger partial charge in [0.05, 0.1) is 0 Å². The zero-order chi connectivity index (χ0) is 14.7. The van der Waals surface area contributed by atoms with Crippen molar-refractivity contribution >= 4 is 11.6 Å². The molecule has 0 spiro atoms. The third-order valence-corrected chi connectivity index (χ3v) is 4.84. The molecule has 1 aromatic rings. The van der Waals surface area contributed by atoms with Gasteiger partial charge in [-0.2, -0.15) is 0 Å². The first-order valence-electron chi connectivity index (χ1n) is 8.67. The van der Waals surface area contributed by atoms with Crippen molar-refractivity contribution in [3.63, 3.8) is 0 Å². The van der Waals surface area contributed by atoms with E-state index in [-0.39, 0.29) is 0 Å². The molecule has 0 bridgehead atoms. The Morgan fingerprint density at radius 2 is 1.90 bits per heavy atom. The lowest BCUT2D eigenvalue weighted by Gasteiger charge is -2.20. The number of nitrogens with one attached hydrogen (secondary N) is 1. The summed E-state index contributed by atoms with van der Waals surface area (Å²) < 4.78 is 0. The molecule has 3 rings (SSSR count). The van der Waals surface area contributed by atoms with Gasteiger partial charge >= 0.3 is 0 Å². The Morgan fingerprint density at radius 3 is 2.57 bits per heavy atom. The largest absolute Gasteiger partial charge is 0.370 e. The molecule has 1 saturated carbocycles. The maximum Gasteiger partial charge on any atom is 0.134 e. The average molecular weight is 288 g/mol. The van der Waals surface area contributed by atoms with Gasteiger partial charge in [0, 0.05) is 32.1 Å². The van der Waals surface area contributed by atoms with Gasteiger partial charge in [0.25, 0.3) is 0 Å². The third kappa shape index (κ3) is 3.30. The minimum atomic E-state index is 0.904. The second-order valence-electron chi connectivity index (χ2n) is 6.56. The number of hydrogen-bond donors (Lipinski definition) is 1. The van der Waals surface area contributed by atoms with Crippen LogP contribution in [0.3, 0.4) is 0 Å². The van der Waals surface area contributed by atoms with Gasteiger partial charge in [0.2, 0.25) is 0 Å². The lowest BCUT2D eigenvalue weighted by molar-refractivity contribution is 0.494. The predicted molar refractivity (Wildman–Crippen MR) is 87.9 cm³/mol. The number of rotatable bonds is 6. The number of hydrogen-bond acceptors (Lipinski definition) is 4. The van der Waals surface area contributed by atoms with Crippen LogP contribution in [0, 0.1) is 11.8 Å². The van der Waals surface area contributed by atoms with Crippen LogP contribution in [0.15, 0.2) is 6.07 Å². The summed E-state index contributed by atoms with van der Waals surface area (Å²) in [4.78, 5) is 12.0. The SMILES string of the molecule is CCCNc1cc(N2CC3CCCC3C2)nc(CCC)n1. The second-order valence-corrected chi connectivity index (χ2v) is 6.56. The summed E-state index contributed by atoms with van der Waals surface area (Å²) in [6.45, 7) is 7.74. The Balaban J connectivity index is 1.78. The maximum atomic E-state index is 4.82. The predicted octanol–water partition coefficient (Wildman–Crippen LogP) is 3.49. The topological polar surface area (TPSA) is 41.0 Å². The summed E-state index contributed by atoms with van der Waals surface area (Å²) in [5, 5.41) is 3.43. The Morgan fingerprint density at radius 1 is 1.14 bits per heavy atom. The van der Waals surface area contributed by atoms with E-state index in [4.69, 9.17) is 4.98 Å². The van der Waals surface area contributed by atoms with Crippen LogP contribution in [0.25, 0.3) is 0 Å². The zero-order valence-electron chi connectivity index (χ0n) is 13.4. The van der Waals surface area contributed by atoms with Gasteiger partial charge in [-0.1, -0.05) is 20.3 Å². The number of aryl methyl sites for hydroxylation is 1. The van der Waals surface area contributed by atoms with E-state index in [9.17, 15) is 0 Å². The summed E-state index contributed by atoms with van der Waals surface area (Å²) in [5.41, 5.74) is 0. The van der Waals surface area contributed by atoms with Gasteiger partial charge in [0.15, 0.2) is 0 Å². The fourth-order valence-corrected chi connectivity index (χ4v) is 3.75. The van der Waals surface area contributed by atoms with Crippen LogP contribution >= 0.6 is 0 Å². The smallest absolute Gasteiger partial charge is 0.134 e. The van der Waals surface area contributed by atoms with Crippen molar-refractivity contribution in [2.24, 2.45) is 11.8 Å². The van der Waals surface area contributed by atoms with Crippen LogP contribution in [0.1, 0.15) is 51.8 Å². The highest BCUT2D eigenvalue weighted by Gasteiger charge is 2.36. The average Bonchev–Trinajstić information content (AvgIpc) is 3.06. The van der Waals surface area contributed by atoms with E-state index in [1.54, 1.807) is 0 Å². The normalized spacial score (nSPS) is 24.4. The molecular formula is C17H28N4. The molecule has 2 unspecified atom stereocenters. The monoisotopic (exact) mass is 288 g/mol. The van der Waals surface area contributed by atoms with Crippen LogP contribution in [0.5, 0.6) is 0 Å². The van der Waals surface area contributed by atoms with Crippen molar-refractivity contribution in [2.75, 3.05) is 29.9 Å². The quantitative estimate of drug-likeness (QED) is 0.870. The van der Waals surface area contributed by atoms with E-state index in [2.05, 4.69) is 35.1 Å². The first kappa shape index (κ1) is 14.6. The van der Waals surface area contributed by atoms with E-state index < -0.39 is 0 Å². The Bertz CT molecular complexity index is 462. The molecule has 0 amide bonds.